The monoisotopic (exact) mass is 462 g/mol. The van der Waals surface area contributed by atoms with Crippen molar-refractivity contribution in [2.45, 2.75) is 19.1 Å². The number of anilines is 1. The van der Waals surface area contributed by atoms with E-state index in [1.807, 2.05) is 36.4 Å². The molecule has 28 heavy (non-hydrogen) atoms. The summed E-state index contributed by atoms with van der Waals surface area (Å²) >= 11 is 9.52. The Bertz CT molecular complexity index is 1020. The summed E-state index contributed by atoms with van der Waals surface area (Å²) in [6.07, 6.45) is 1.67. The van der Waals surface area contributed by atoms with Crippen molar-refractivity contribution in [3.05, 3.63) is 63.3 Å². The van der Waals surface area contributed by atoms with Crippen LogP contribution in [0, 0.1) is 0 Å². The van der Waals surface area contributed by atoms with Crippen molar-refractivity contribution >= 4 is 39.4 Å². The third-order valence-electron chi connectivity index (χ3n) is 4.45. The largest absolute Gasteiger partial charge is 0.493 e. The number of benzene rings is 2. The molecule has 0 radical (unpaired) electrons. The van der Waals surface area contributed by atoms with E-state index in [1.165, 1.54) is 6.33 Å². The summed E-state index contributed by atoms with van der Waals surface area (Å²) < 4.78 is 13.9. The quantitative estimate of drug-likeness (QED) is 0.613. The Kier molecular flexibility index (Phi) is 5.23. The molecule has 1 unspecified atom stereocenters. The highest BCUT2D eigenvalue weighted by atomic mass is 79.9. The van der Waals surface area contributed by atoms with Crippen LogP contribution in [0.25, 0.3) is 0 Å². The van der Waals surface area contributed by atoms with Crippen LogP contribution in [0.5, 0.6) is 11.5 Å². The minimum absolute atomic E-state index is 0.112. The van der Waals surface area contributed by atoms with Gasteiger partial charge in [0, 0.05) is 9.50 Å². The van der Waals surface area contributed by atoms with Gasteiger partial charge in [-0.05, 0) is 35.4 Å². The highest BCUT2D eigenvalue weighted by Gasteiger charge is 2.30. The molecule has 1 amide bonds. The topological polar surface area (TPSA) is 78.3 Å². The zero-order chi connectivity index (χ0) is 19.7. The van der Waals surface area contributed by atoms with Gasteiger partial charge in [0.1, 0.15) is 12.9 Å². The van der Waals surface area contributed by atoms with Crippen molar-refractivity contribution in [1.82, 2.24) is 14.8 Å². The van der Waals surface area contributed by atoms with Crippen LogP contribution in [0.4, 0.5) is 5.95 Å². The van der Waals surface area contributed by atoms with Crippen LogP contribution in [-0.4, -0.2) is 27.8 Å². The van der Waals surface area contributed by atoms with E-state index in [0.717, 1.165) is 15.6 Å². The van der Waals surface area contributed by atoms with Crippen molar-refractivity contribution in [3.63, 3.8) is 0 Å². The first-order chi connectivity index (χ1) is 13.5. The van der Waals surface area contributed by atoms with E-state index in [1.54, 1.807) is 11.8 Å². The molecular weight excluding hydrogens is 448 g/mol. The van der Waals surface area contributed by atoms with Crippen molar-refractivity contribution in [1.29, 1.82) is 0 Å². The molecule has 4 rings (SSSR count). The Morgan fingerprint density at radius 3 is 2.82 bits per heavy atom. The Morgan fingerprint density at radius 2 is 2.07 bits per heavy atom. The van der Waals surface area contributed by atoms with Crippen LogP contribution in [0.1, 0.15) is 23.6 Å². The average Bonchev–Trinajstić information content (AvgIpc) is 3.15. The van der Waals surface area contributed by atoms with E-state index in [9.17, 15) is 4.79 Å². The summed E-state index contributed by atoms with van der Waals surface area (Å²) in [5.41, 5.74) is 1.85. The number of ether oxygens (including phenoxy) is 2. The van der Waals surface area contributed by atoms with E-state index in [4.69, 9.17) is 21.1 Å². The second kappa shape index (κ2) is 7.81. The molecule has 144 valence electrons. The second-order valence-electron chi connectivity index (χ2n) is 6.24. The first-order valence-corrected chi connectivity index (χ1v) is 9.66. The predicted molar refractivity (Wildman–Crippen MR) is 108 cm³/mol. The number of amides is 1. The number of methoxy groups -OCH3 is 1. The fourth-order valence-electron chi connectivity index (χ4n) is 3.07. The first-order valence-electron chi connectivity index (χ1n) is 8.49. The van der Waals surface area contributed by atoms with Gasteiger partial charge in [0.05, 0.1) is 19.6 Å². The maximum absolute atomic E-state index is 12.1. The molecule has 1 aliphatic rings. The normalized spacial score (nSPS) is 15.7. The molecule has 3 aromatic rings. The van der Waals surface area contributed by atoms with Crippen LogP contribution < -0.4 is 14.8 Å². The number of nitrogens with zero attached hydrogens (tertiary/aromatic N) is 3. The van der Waals surface area contributed by atoms with E-state index in [2.05, 4.69) is 31.3 Å². The molecule has 0 fully saturated rings. The number of nitrogens with one attached hydrogen (secondary N) is 1. The molecule has 0 saturated heterocycles. The van der Waals surface area contributed by atoms with E-state index in [0.29, 0.717) is 29.1 Å². The smallest absolute Gasteiger partial charge is 0.229 e. The summed E-state index contributed by atoms with van der Waals surface area (Å²) in [5, 5.41) is 7.63. The maximum Gasteiger partial charge on any atom is 0.229 e. The molecule has 1 N–H and O–H groups in total. The van der Waals surface area contributed by atoms with Gasteiger partial charge >= 0.3 is 0 Å². The van der Waals surface area contributed by atoms with Crippen LogP contribution in [0.3, 0.4) is 0 Å². The number of halogens is 2. The van der Waals surface area contributed by atoms with Gasteiger partial charge in [0.25, 0.3) is 0 Å². The van der Waals surface area contributed by atoms with Gasteiger partial charge in [-0.15, -0.1) is 0 Å². The lowest BCUT2D eigenvalue weighted by Gasteiger charge is -2.25. The van der Waals surface area contributed by atoms with Gasteiger partial charge in [-0.2, -0.15) is 10.1 Å². The molecular formula is C19H16BrClN4O3. The number of hydrogen-bond acceptors (Lipinski definition) is 5. The lowest BCUT2D eigenvalue weighted by atomic mass is 10.0. The zero-order valence-electron chi connectivity index (χ0n) is 14.9. The second-order valence-corrected chi connectivity index (χ2v) is 7.53. The van der Waals surface area contributed by atoms with Gasteiger partial charge < -0.3 is 9.47 Å². The molecule has 0 spiro atoms. The number of carbonyl (C=O) groups is 1. The number of carbonyl (C=O) groups excluding carboxylic acids is 1. The van der Waals surface area contributed by atoms with Crippen molar-refractivity contribution in [3.8, 4) is 11.5 Å². The SMILES string of the molecule is COc1cc(C2CC(=O)Nc3ncnn32)c(Br)cc1OCc1ccc(Cl)cc1. The lowest BCUT2D eigenvalue weighted by molar-refractivity contribution is -0.117. The molecule has 0 aliphatic carbocycles. The molecule has 1 atom stereocenters. The van der Waals surface area contributed by atoms with Crippen molar-refractivity contribution in [2.75, 3.05) is 12.4 Å². The van der Waals surface area contributed by atoms with Crippen molar-refractivity contribution in [2.24, 2.45) is 0 Å². The molecule has 0 bridgehead atoms. The van der Waals surface area contributed by atoms with E-state index in [-0.39, 0.29) is 18.4 Å². The standard InChI is InChI=1S/C19H16BrClN4O3/c1-27-16-6-13(15-8-18(26)24-19-22-10-23-25(15)19)14(20)7-17(16)28-9-11-2-4-12(21)5-3-11/h2-7,10,15H,8-9H2,1H3,(H,22,23,24,26). The predicted octanol–water partition coefficient (Wildman–Crippen LogP) is 4.21. The van der Waals surface area contributed by atoms with Crippen molar-refractivity contribution < 1.29 is 14.3 Å². The summed E-state index contributed by atoms with van der Waals surface area (Å²) in [5.74, 6) is 1.47. The first kappa shape index (κ1) is 18.8. The number of rotatable bonds is 5. The highest BCUT2D eigenvalue weighted by Crippen LogP contribution is 2.40. The van der Waals surface area contributed by atoms with E-state index >= 15 is 0 Å². The molecule has 9 heteroatoms. The Morgan fingerprint density at radius 1 is 1.29 bits per heavy atom. The van der Waals surface area contributed by atoms with Gasteiger partial charge in [0.15, 0.2) is 11.5 Å². The number of fused-ring (bicyclic) bond motifs is 1. The Hall–Kier alpha value is -2.58. The molecule has 1 aliphatic heterocycles. The Labute approximate surface area is 174 Å². The molecule has 0 saturated carbocycles. The highest BCUT2D eigenvalue weighted by molar-refractivity contribution is 9.10. The Balaban J connectivity index is 1.63. The molecule has 1 aromatic heterocycles. The third-order valence-corrected chi connectivity index (χ3v) is 5.39. The minimum Gasteiger partial charge on any atom is -0.493 e. The van der Waals surface area contributed by atoms with E-state index < -0.39 is 0 Å². The average molecular weight is 464 g/mol. The van der Waals surface area contributed by atoms with Gasteiger partial charge in [0.2, 0.25) is 11.9 Å². The third kappa shape index (κ3) is 3.70. The molecule has 2 aromatic carbocycles. The summed E-state index contributed by atoms with van der Waals surface area (Å²) in [7, 11) is 1.58. The van der Waals surface area contributed by atoms with Crippen LogP contribution in [-0.2, 0) is 11.4 Å². The summed E-state index contributed by atoms with van der Waals surface area (Å²) in [6.45, 7) is 0.373. The molecule has 2 heterocycles. The summed E-state index contributed by atoms with van der Waals surface area (Å²) in [6, 6.07) is 10.9. The van der Waals surface area contributed by atoms with Gasteiger partial charge in [-0.3, -0.25) is 10.1 Å². The number of hydrogen-bond donors (Lipinski definition) is 1. The minimum atomic E-state index is -0.292. The number of aromatic nitrogens is 3. The van der Waals surface area contributed by atoms with Gasteiger partial charge in [-0.25, -0.2) is 4.68 Å². The van der Waals surface area contributed by atoms with Crippen LogP contribution in [0.15, 0.2) is 47.2 Å². The van der Waals surface area contributed by atoms with Crippen LogP contribution >= 0.6 is 27.5 Å². The fourth-order valence-corrected chi connectivity index (χ4v) is 3.78. The molecule has 7 nitrogen and oxygen atoms in total. The zero-order valence-corrected chi connectivity index (χ0v) is 17.2. The lowest BCUT2D eigenvalue weighted by Crippen LogP contribution is -2.29. The maximum atomic E-state index is 12.1. The fraction of sp³-hybridized carbons (Fsp3) is 0.211. The van der Waals surface area contributed by atoms with Crippen LogP contribution in [0.2, 0.25) is 5.02 Å². The summed E-state index contributed by atoms with van der Waals surface area (Å²) in [4.78, 5) is 16.1. The van der Waals surface area contributed by atoms with Gasteiger partial charge in [-0.1, -0.05) is 39.7 Å².